The number of hydrogen-bond donors (Lipinski definition) is 0. The second-order valence-corrected chi connectivity index (χ2v) is 18.9. The molecule has 2 aliphatic rings. The van der Waals surface area contributed by atoms with Gasteiger partial charge in [0.15, 0.2) is 0 Å². The maximum atomic E-state index is 2.56. The van der Waals surface area contributed by atoms with Gasteiger partial charge in [-0.2, -0.15) is 18.2 Å². The van der Waals surface area contributed by atoms with Gasteiger partial charge in [-0.3, -0.25) is 0 Å². The van der Waals surface area contributed by atoms with E-state index in [0.29, 0.717) is 0 Å². The summed E-state index contributed by atoms with van der Waals surface area (Å²) in [5.74, 6) is 0. The summed E-state index contributed by atoms with van der Waals surface area (Å²) in [4.78, 5) is 0. The molecule has 0 spiro atoms. The fourth-order valence-corrected chi connectivity index (χ4v) is 8.88. The van der Waals surface area contributed by atoms with E-state index in [1.54, 1.807) is 22.3 Å². The molecule has 0 heterocycles. The van der Waals surface area contributed by atoms with Crippen molar-refractivity contribution in [3.63, 3.8) is 0 Å². The second kappa shape index (κ2) is 16.0. The molecule has 0 bridgehead atoms. The standard InChI is InChI=1S/C29H37.C15H14.C5H5.2ClH.Zr/c1-26(2)9-11-28(5,6)24-16-20-18(14-22(24)26)13-19-15-23-25(17-21(19)20)29(7,8)12-10-27(23,3)4;1-12-3-7-14(8-4-12)11-15-9-5-13(2)6-10-15;1-2-4-5-3-1;;;/h13-17H,9-12H2,1-8H3;3-10H,1-2H3;1-5H;2*1H;/q-1;;-1;;;+2/p-2. The van der Waals surface area contributed by atoms with Crippen LogP contribution in [-0.4, -0.2) is 3.21 Å². The van der Waals surface area contributed by atoms with E-state index in [0.717, 1.165) is 0 Å². The molecule has 0 atom stereocenters. The van der Waals surface area contributed by atoms with Crippen LogP contribution in [0, 0.1) is 13.8 Å². The minimum absolute atomic E-state index is 0. The van der Waals surface area contributed by atoms with Crippen molar-refractivity contribution in [3.05, 3.63) is 154 Å². The topological polar surface area (TPSA) is 0 Å². The number of aryl methyl sites for hydroxylation is 2. The van der Waals surface area contributed by atoms with Gasteiger partial charge < -0.3 is 24.8 Å². The van der Waals surface area contributed by atoms with Crippen LogP contribution < -0.4 is 24.8 Å². The van der Waals surface area contributed by atoms with Crippen molar-refractivity contribution in [2.24, 2.45) is 0 Å². The maximum Gasteiger partial charge on any atom is -0.172 e. The van der Waals surface area contributed by atoms with Gasteiger partial charge in [-0.1, -0.05) is 89.8 Å². The fourth-order valence-electron chi connectivity index (χ4n) is 8.06. The number of benzene rings is 4. The largest absolute Gasteiger partial charge is 1.00 e. The van der Waals surface area contributed by atoms with Crippen LogP contribution in [0.25, 0.3) is 21.5 Å². The molecule has 0 nitrogen and oxygen atoms in total. The summed E-state index contributed by atoms with van der Waals surface area (Å²) in [5.41, 5.74) is 12.7. The Morgan fingerprint density at radius 3 is 1.10 bits per heavy atom. The molecule has 0 fully saturated rings. The Hall–Kier alpha value is -2.57. The summed E-state index contributed by atoms with van der Waals surface area (Å²) in [6.07, 6.45) is 5.09. The van der Waals surface area contributed by atoms with Crippen molar-refractivity contribution in [1.82, 2.24) is 0 Å². The average Bonchev–Trinajstić information content (AvgIpc) is 3.77. The Balaban J connectivity index is 0.000000221. The van der Waals surface area contributed by atoms with Crippen molar-refractivity contribution in [2.45, 2.75) is 117 Å². The molecule has 0 amide bonds. The summed E-state index contributed by atoms with van der Waals surface area (Å²) in [6, 6.07) is 40.2. The molecular weight excluding hydrogens is 751 g/mol. The van der Waals surface area contributed by atoms with Gasteiger partial charge in [0.05, 0.1) is 0 Å². The summed E-state index contributed by atoms with van der Waals surface area (Å²) in [7, 11) is 0. The summed E-state index contributed by atoms with van der Waals surface area (Å²) >= 11 is 1.46. The first kappa shape index (κ1) is 42.2. The van der Waals surface area contributed by atoms with Gasteiger partial charge >= 0.3 is 112 Å². The molecule has 6 aromatic carbocycles. The van der Waals surface area contributed by atoms with E-state index in [1.807, 2.05) is 30.3 Å². The third-order valence-corrected chi connectivity index (χ3v) is 13.3. The molecular formula is C49H56Cl2Zr-2. The molecule has 2 aliphatic carbocycles. The first-order valence-corrected chi connectivity index (χ1v) is 19.8. The first-order valence-electron chi connectivity index (χ1n) is 18.6. The summed E-state index contributed by atoms with van der Waals surface area (Å²) < 4.78 is 1.42. The Kier molecular flexibility index (Phi) is 13.0. The maximum absolute atomic E-state index is 2.56. The molecule has 8 rings (SSSR count). The molecule has 0 aliphatic heterocycles. The molecule has 0 saturated heterocycles. The Morgan fingerprint density at radius 2 is 0.808 bits per heavy atom. The molecule has 0 radical (unpaired) electrons. The van der Waals surface area contributed by atoms with Crippen LogP contribution in [0.1, 0.15) is 126 Å². The van der Waals surface area contributed by atoms with E-state index >= 15 is 0 Å². The summed E-state index contributed by atoms with van der Waals surface area (Å²) in [5, 5.41) is 5.79. The zero-order valence-corrected chi connectivity index (χ0v) is 36.9. The van der Waals surface area contributed by atoms with Crippen LogP contribution in [0.2, 0.25) is 0 Å². The van der Waals surface area contributed by atoms with Crippen LogP contribution in [0.3, 0.4) is 0 Å². The molecule has 0 N–H and O–H groups in total. The van der Waals surface area contributed by atoms with Gasteiger partial charge in [0, 0.05) is 0 Å². The predicted molar refractivity (Wildman–Crippen MR) is 215 cm³/mol. The van der Waals surface area contributed by atoms with Gasteiger partial charge in [-0.15, -0.1) is 39.7 Å². The SMILES string of the molecule is CC1(C)CCC(C)(C)c2cc3c(cc21)[cH-]c1cc2c(cc13)C(C)(C)CCC2(C)C.Cc1ccc([C](=[Zr+2])c2ccc(C)cc2)cc1.[Cl-].[Cl-].c1cc[cH-]c1. The Morgan fingerprint density at radius 1 is 0.500 bits per heavy atom. The molecule has 6 aromatic rings. The first-order chi connectivity index (χ1) is 23.5. The van der Waals surface area contributed by atoms with Crippen molar-refractivity contribution < 1.29 is 49.0 Å². The van der Waals surface area contributed by atoms with Gasteiger partial charge in [0.2, 0.25) is 0 Å². The fraction of sp³-hybridized carbons (Fsp3) is 0.367. The van der Waals surface area contributed by atoms with E-state index in [4.69, 9.17) is 0 Å². The number of hydrogen-bond acceptors (Lipinski definition) is 0. The van der Waals surface area contributed by atoms with Crippen LogP contribution in [0.15, 0.2) is 109 Å². The minimum atomic E-state index is 0. The normalized spacial score (nSPS) is 17.2. The third-order valence-electron chi connectivity index (χ3n) is 11.9. The van der Waals surface area contributed by atoms with Crippen molar-refractivity contribution in [3.8, 4) is 0 Å². The third kappa shape index (κ3) is 8.70. The smallest absolute Gasteiger partial charge is 0.172 e. The van der Waals surface area contributed by atoms with Crippen LogP contribution in [-0.2, 0) is 45.9 Å². The average molecular weight is 807 g/mol. The molecule has 0 saturated carbocycles. The molecule has 0 aromatic heterocycles. The van der Waals surface area contributed by atoms with Gasteiger partial charge in [0.1, 0.15) is 0 Å². The van der Waals surface area contributed by atoms with Crippen LogP contribution in [0.4, 0.5) is 0 Å². The summed E-state index contributed by atoms with van der Waals surface area (Å²) in [6.45, 7) is 23.7. The predicted octanol–water partition coefficient (Wildman–Crippen LogP) is 7.24. The quantitative estimate of drug-likeness (QED) is 0.162. The Labute approximate surface area is 341 Å². The zero-order valence-electron chi connectivity index (χ0n) is 33.0. The van der Waals surface area contributed by atoms with Crippen molar-refractivity contribution >= 4 is 24.8 Å². The van der Waals surface area contributed by atoms with Crippen molar-refractivity contribution in [1.29, 1.82) is 0 Å². The Bertz CT molecular complexity index is 1960. The van der Waals surface area contributed by atoms with Gasteiger partial charge in [-0.25, -0.2) is 12.1 Å². The van der Waals surface area contributed by atoms with Gasteiger partial charge in [-0.05, 0) is 47.3 Å². The zero-order chi connectivity index (χ0) is 36.1. The van der Waals surface area contributed by atoms with Crippen LogP contribution in [0.5, 0.6) is 0 Å². The van der Waals surface area contributed by atoms with Gasteiger partial charge in [0.25, 0.3) is 0 Å². The van der Waals surface area contributed by atoms with Crippen molar-refractivity contribution in [2.75, 3.05) is 0 Å². The van der Waals surface area contributed by atoms with E-state index < -0.39 is 0 Å². The molecule has 3 heteroatoms. The van der Waals surface area contributed by atoms with Crippen LogP contribution >= 0.6 is 0 Å². The number of rotatable bonds is 2. The molecule has 272 valence electrons. The molecule has 52 heavy (non-hydrogen) atoms. The second-order valence-electron chi connectivity index (χ2n) is 17.7. The van der Waals surface area contributed by atoms with E-state index in [9.17, 15) is 0 Å². The number of halogens is 2. The van der Waals surface area contributed by atoms with E-state index in [-0.39, 0.29) is 46.5 Å². The van der Waals surface area contributed by atoms with E-state index in [2.05, 4.69) is 148 Å². The monoisotopic (exact) mass is 804 g/mol. The minimum Gasteiger partial charge on any atom is -1.00 e. The molecule has 0 unspecified atom stereocenters. The van der Waals surface area contributed by atoms with E-state index in [1.165, 1.54) is 96.9 Å². The number of fused-ring (bicyclic) bond motifs is 5.